The molecule has 0 spiro atoms. The molecule has 0 radical (unpaired) electrons. The Morgan fingerprint density at radius 2 is 1.48 bits per heavy atom. The minimum Gasteiger partial charge on any atom is -0.280 e. The SMILES string of the molecule is CS(=O)(=O)c1ccc(S(=O)(=O)Nc2ccc(-n3cccn3)cc2)cc1. The summed E-state index contributed by atoms with van der Waals surface area (Å²) in [5, 5.41) is 4.10. The number of aromatic nitrogens is 2. The first-order valence-corrected chi connectivity index (χ1v) is 10.6. The first-order chi connectivity index (χ1) is 11.8. The van der Waals surface area contributed by atoms with Gasteiger partial charge in [0.15, 0.2) is 9.84 Å². The predicted octanol–water partition coefficient (Wildman–Crippen LogP) is 2.08. The molecule has 0 fully saturated rings. The van der Waals surface area contributed by atoms with Gasteiger partial charge in [-0.05, 0) is 54.6 Å². The summed E-state index contributed by atoms with van der Waals surface area (Å²) < 4.78 is 51.8. The highest BCUT2D eigenvalue weighted by Crippen LogP contribution is 2.19. The van der Waals surface area contributed by atoms with E-state index >= 15 is 0 Å². The van der Waals surface area contributed by atoms with Gasteiger partial charge in [-0.2, -0.15) is 5.10 Å². The fourth-order valence-corrected chi connectivity index (χ4v) is 3.87. The summed E-state index contributed by atoms with van der Waals surface area (Å²) in [5.74, 6) is 0. The lowest BCUT2D eigenvalue weighted by atomic mass is 10.3. The molecule has 2 aromatic carbocycles. The fraction of sp³-hybridized carbons (Fsp3) is 0.0625. The van der Waals surface area contributed by atoms with Crippen molar-refractivity contribution in [1.29, 1.82) is 0 Å². The molecule has 0 aliphatic heterocycles. The Balaban J connectivity index is 1.81. The van der Waals surface area contributed by atoms with Gasteiger partial charge in [-0.1, -0.05) is 0 Å². The fourth-order valence-electron chi connectivity index (χ4n) is 2.18. The number of nitrogens with one attached hydrogen (secondary N) is 1. The standard InChI is InChI=1S/C16H15N3O4S2/c1-24(20,21)15-7-9-16(10-8-15)25(22,23)18-13-3-5-14(6-4-13)19-12-2-11-17-19/h2-12,18H,1H3. The van der Waals surface area contributed by atoms with Gasteiger partial charge in [0.25, 0.3) is 10.0 Å². The van der Waals surface area contributed by atoms with E-state index < -0.39 is 19.9 Å². The molecule has 3 rings (SSSR count). The third-order valence-corrected chi connectivity index (χ3v) is 5.98. The van der Waals surface area contributed by atoms with Crippen molar-refractivity contribution in [2.45, 2.75) is 9.79 Å². The van der Waals surface area contributed by atoms with Crippen LogP contribution in [-0.2, 0) is 19.9 Å². The topological polar surface area (TPSA) is 98.1 Å². The molecule has 7 nitrogen and oxygen atoms in total. The second-order valence-corrected chi connectivity index (χ2v) is 9.04. The van der Waals surface area contributed by atoms with Gasteiger partial charge in [0, 0.05) is 24.3 Å². The van der Waals surface area contributed by atoms with E-state index in [2.05, 4.69) is 9.82 Å². The average molecular weight is 377 g/mol. The molecule has 1 aromatic heterocycles. The molecular weight excluding hydrogens is 362 g/mol. The van der Waals surface area contributed by atoms with Crippen LogP contribution in [0, 0.1) is 0 Å². The molecule has 0 unspecified atom stereocenters. The smallest absolute Gasteiger partial charge is 0.261 e. The van der Waals surface area contributed by atoms with Crippen molar-refractivity contribution in [3.8, 4) is 5.69 Å². The minimum absolute atomic E-state index is 0.0175. The molecular formula is C16H15N3O4S2. The quantitative estimate of drug-likeness (QED) is 0.734. The maximum Gasteiger partial charge on any atom is 0.261 e. The van der Waals surface area contributed by atoms with E-state index in [1.807, 2.05) is 0 Å². The molecule has 1 N–H and O–H groups in total. The number of sulfone groups is 1. The number of hydrogen-bond acceptors (Lipinski definition) is 5. The normalized spacial score (nSPS) is 12.0. The van der Waals surface area contributed by atoms with Crippen molar-refractivity contribution in [3.05, 3.63) is 67.0 Å². The summed E-state index contributed by atoms with van der Waals surface area (Å²) in [7, 11) is -7.18. The van der Waals surface area contributed by atoms with Crippen molar-refractivity contribution in [3.63, 3.8) is 0 Å². The Kier molecular flexibility index (Phi) is 4.36. The average Bonchev–Trinajstić information content (AvgIpc) is 3.09. The van der Waals surface area contributed by atoms with Gasteiger partial charge in [0.2, 0.25) is 0 Å². The van der Waals surface area contributed by atoms with E-state index in [9.17, 15) is 16.8 Å². The number of hydrogen-bond donors (Lipinski definition) is 1. The Bertz CT molecular complexity index is 1070. The Morgan fingerprint density at radius 1 is 0.880 bits per heavy atom. The Hall–Kier alpha value is -2.65. The highest BCUT2D eigenvalue weighted by molar-refractivity contribution is 7.92. The van der Waals surface area contributed by atoms with E-state index in [0.717, 1.165) is 11.9 Å². The number of benzene rings is 2. The van der Waals surface area contributed by atoms with Gasteiger partial charge in [-0.15, -0.1) is 0 Å². The second-order valence-electron chi connectivity index (χ2n) is 5.35. The van der Waals surface area contributed by atoms with Crippen molar-refractivity contribution in [2.24, 2.45) is 0 Å². The molecule has 0 saturated heterocycles. The van der Waals surface area contributed by atoms with E-state index in [1.54, 1.807) is 47.4 Å². The van der Waals surface area contributed by atoms with Crippen molar-refractivity contribution in [2.75, 3.05) is 11.0 Å². The van der Waals surface area contributed by atoms with Gasteiger partial charge in [-0.25, -0.2) is 21.5 Å². The van der Waals surface area contributed by atoms with E-state index in [1.165, 1.54) is 24.3 Å². The zero-order valence-electron chi connectivity index (χ0n) is 13.2. The summed E-state index contributed by atoms with van der Waals surface area (Å²) in [6, 6.07) is 13.6. The predicted molar refractivity (Wildman–Crippen MR) is 93.9 cm³/mol. The zero-order valence-corrected chi connectivity index (χ0v) is 14.8. The molecule has 25 heavy (non-hydrogen) atoms. The van der Waals surface area contributed by atoms with Crippen LogP contribution in [0.15, 0.2) is 76.8 Å². The molecule has 3 aromatic rings. The van der Waals surface area contributed by atoms with E-state index in [0.29, 0.717) is 5.69 Å². The molecule has 0 bridgehead atoms. The summed E-state index contributed by atoms with van der Waals surface area (Å²) in [6.45, 7) is 0. The molecule has 130 valence electrons. The van der Waals surface area contributed by atoms with Crippen LogP contribution < -0.4 is 4.72 Å². The molecule has 0 aliphatic carbocycles. The highest BCUT2D eigenvalue weighted by atomic mass is 32.2. The first kappa shape index (κ1) is 17.2. The van der Waals surface area contributed by atoms with Gasteiger partial charge in [0.1, 0.15) is 0 Å². The number of sulfonamides is 1. The van der Waals surface area contributed by atoms with Crippen LogP contribution in [0.2, 0.25) is 0 Å². The van der Waals surface area contributed by atoms with Crippen LogP contribution in [0.1, 0.15) is 0 Å². The van der Waals surface area contributed by atoms with Gasteiger partial charge in [-0.3, -0.25) is 4.72 Å². The second kappa shape index (κ2) is 6.34. The molecule has 0 saturated carbocycles. The van der Waals surface area contributed by atoms with Crippen LogP contribution >= 0.6 is 0 Å². The number of rotatable bonds is 5. The van der Waals surface area contributed by atoms with Crippen molar-refractivity contribution >= 4 is 25.5 Å². The molecule has 0 atom stereocenters. The van der Waals surface area contributed by atoms with Gasteiger partial charge in [0.05, 0.1) is 15.5 Å². The third kappa shape index (κ3) is 3.89. The van der Waals surface area contributed by atoms with Crippen LogP contribution in [0.3, 0.4) is 0 Å². The highest BCUT2D eigenvalue weighted by Gasteiger charge is 2.16. The summed E-state index contributed by atoms with van der Waals surface area (Å²) >= 11 is 0. The lowest BCUT2D eigenvalue weighted by molar-refractivity contribution is 0.597. The van der Waals surface area contributed by atoms with E-state index in [-0.39, 0.29) is 9.79 Å². The first-order valence-electron chi connectivity index (χ1n) is 7.19. The summed E-state index contributed by atoms with van der Waals surface area (Å²) in [6.07, 6.45) is 4.50. The molecule has 0 amide bonds. The third-order valence-electron chi connectivity index (χ3n) is 3.45. The molecule has 0 aliphatic rings. The number of anilines is 1. The lowest BCUT2D eigenvalue weighted by Crippen LogP contribution is -2.13. The maximum absolute atomic E-state index is 12.4. The Labute approximate surface area is 145 Å². The van der Waals surface area contributed by atoms with Crippen LogP contribution in [-0.4, -0.2) is 32.9 Å². The summed E-state index contributed by atoms with van der Waals surface area (Å²) in [4.78, 5) is 0.0473. The Morgan fingerprint density at radius 3 is 2.00 bits per heavy atom. The monoisotopic (exact) mass is 377 g/mol. The molecule has 1 heterocycles. The van der Waals surface area contributed by atoms with Gasteiger partial charge >= 0.3 is 0 Å². The summed E-state index contributed by atoms with van der Waals surface area (Å²) in [5.41, 5.74) is 1.19. The van der Waals surface area contributed by atoms with Gasteiger partial charge < -0.3 is 0 Å². The maximum atomic E-state index is 12.4. The van der Waals surface area contributed by atoms with Crippen LogP contribution in [0.4, 0.5) is 5.69 Å². The minimum atomic E-state index is -3.81. The van der Waals surface area contributed by atoms with Crippen molar-refractivity contribution in [1.82, 2.24) is 9.78 Å². The van der Waals surface area contributed by atoms with Crippen molar-refractivity contribution < 1.29 is 16.8 Å². The largest absolute Gasteiger partial charge is 0.280 e. The zero-order chi connectivity index (χ0) is 18.1. The number of nitrogens with zero attached hydrogens (tertiary/aromatic N) is 2. The van der Waals surface area contributed by atoms with Crippen LogP contribution in [0.5, 0.6) is 0 Å². The lowest BCUT2D eigenvalue weighted by Gasteiger charge is -2.09. The van der Waals surface area contributed by atoms with Crippen LogP contribution in [0.25, 0.3) is 5.69 Å². The van der Waals surface area contributed by atoms with E-state index in [4.69, 9.17) is 0 Å². The molecule has 9 heteroatoms.